The van der Waals surface area contributed by atoms with E-state index in [1.165, 1.54) is 12.8 Å². The Morgan fingerprint density at radius 3 is 2.67 bits per heavy atom. The first kappa shape index (κ1) is 23.5. The van der Waals surface area contributed by atoms with Crippen LogP contribution in [0, 0.1) is 5.92 Å². The van der Waals surface area contributed by atoms with E-state index >= 15 is 0 Å². The van der Waals surface area contributed by atoms with E-state index in [2.05, 4.69) is 15.6 Å². The molecule has 0 unspecified atom stereocenters. The van der Waals surface area contributed by atoms with Crippen molar-refractivity contribution >= 4 is 35.8 Å². The summed E-state index contributed by atoms with van der Waals surface area (Å²) in [6.45, 7) is 2.60. The Kier molecular flexibility index (Phi) is 11.1. The molecule has 0 spiro atoms. The van der Waals surface area contributed by atoms with Crippen LogP contribution in [0.2, 0.25) is 0 Å². The number of guanidine groups is 1. The van der Waals surface area contributed by atoms with E-state index in [4.69, 9.17) is 9.47 Å². The molecule has 1 aromatic rings. The van der Waals surface area contributed by atoms with Gasteiger partial charge in [0.15, 0.2) is 5.96 Å². The number of hydrogen-bond donors (Lipinski definition) is 2. The molecule has 1 aromatic carbocycles. The average molecular weight is 490 g/mol. The van der Waals surface area contributed by atoms with Crippen molar-refractivity contribution in [3.8, 4) is 5.75 Å². The normalized spacial score (nSPS) is 13.5. The number of methoxy groups -OCH3 is 1. The Bertz CT molecular complexity index is 606. The first-order chi connectivity index (χ1) is 12.6. The third kappa shape index (κ3) is 9.28. The summed E-state index contributed by atoms with van der Waals surface area (Å²) < 4.78 is 11.0. The molecule has 1 amide bonds. The monoisotopic (exact) mass is 490 g/mol. The van der Waals surface area contributed by atoms with Gasteiger partial charge in [-0.1, -0.05) is 18.2 Å². The number of carbonyl (C=O) groups excluding carboxylic acids is 1. The SMILES string of the molecule is COCCNC(=NCc1ccccc1OCC1CC1)NCC(=O)N(C)C.I. The van der Waals surface area contributed by atoms with Crippen molar-refractivity contribution in [2.45, 2.75) is 19.4 Å². The van der Waals surface area contributed by atoms with Gasteiger partial charge in [0.25, 0.3) is 0 Å². The Labute approximate surface area is 178 Å². The summed E-state index contributed by atoms with van der Waals surface area (Å²) in [6, 6.07) is 7.95. The second-order valence-corrected chi connectivity index (χ2v) is 6.59. The zero-order chi connectivity index (χ0) is 18.8. The highest BCUT2D eigenvalue weighted by Crippen LogP contribution is 2.30. The van der Waals surface area contributed by atoms with Gasteiger partial charge in [0.1, 0.15) is 5.75 Å². The van der Waals surface area contributed by atoms with Gasteiger partial charge in [-0.15, -0.1) is 24.0 Å². The van der Waals surface area contributed by atoms with Crippen molar-refractivity contribution in [2.75, 3.05) is 47.5 Å². The molecule has 1 fully saturated rings. The third-order valence-corrected chi connectivity index (χ3v) is 4.06. The number of benzene rings is 1. The van der Waals surface area contributed by atoms with Crippen LogP contribution in [0.3, 0.4) is 0 Å². The first-order valence-corrected chi connectivity index (χ1v) is 9.02. The summed E-state index contributed by atoms with van der Waals surface area (Å²) in [5, 5.41) is 6.23. The topological polar surface area (TPSA) is 75.2 Å². The van der Waals surface area contributed by atoms with Gasteiger partial charge in [0.2, 0.25) is 5.91 Å². The quantitative estimate of drug-likeness (QED) is 0.227. The fourth-order valence-electron chi connectivity index (χ4n) is 2.19. The van der Waals surface area contributed by atoms with Crippen molar-refractivity contribution in [3.63, 3.8) is 0 Å². The Morgan fingerprint density at radius 2 is 2.00 bits per heavy atom. The molecule has 0 aromatic heterocycles. The number of aliphatic imine (C=N–C) groups is 1. The largest absolute Gasteiger partial charge is 0.493 e. The first-order valence-electron chi connectivity index (χ1n) is 9.02. The van der Waals surface area contributed by atoms with Gasteiger partial charge in [0, 0.05) is 33.3 Å². The maximum Gasteiger partial charge on any atom is 0.241 e. The van der Waals surface area contributed by atoms with Crippen molar-refractivity contribution in [1.82, 2.24) is 15.5 Å². The van der Waals surface area contributed by atoms with Crippen molar-refractivity contribution in [2.24, 2.45) is 10.9 Å². The molecule has 0 saturated heterocycles. The van der Waals surface area contributed by atoms with Gasteiger partial charge in [-0.25, -0.2) is 4.99 Å². The number of likely N-dealkylation sites (N-methyl/N-ethyl adjacent to an activating group) is 1. The van der Waals surface area contributed by atoms with Crippen molar-refractivity contribution in [3.05, 3.63) is 29.8 Å². The highest BCUT2D eigenvalue weighted by molar-refractivity contribution is 14.0. The molecule has 2 rings (SSSR count). The van der Waals surface area contributed by atoms with Gasteiger partial charge in [-0.2, -0.15) is 0 Å². The number of carbonyl (C=O) groups is 1. The smallest absolute Gasteiger partial charge is 0.241 e. The molecule has 0 radical (unpaired) electrons. The number of para-hydroxylation sites is 1. The van der Waals surface area contributed by atoms with E-state index in [9.17, 15) is 4.79 Å². The highest BCUT2D eigenvalue weighted by Gasteiger charge is 2.22. The van der Waals surface area contributed by atoms with Crippen molar-refractivity contribution in [1.29, 1.82) is 0 Å². The van der Waals surface area contributed by atoms with Crippen molar-refractivity contribution < 1.29 is 14.3 Å². The second-order valence-electron chi connectivity index (χ2n) is 6.59. The molecule has 2 N–H and O–H groups in total. The standard InChI is InChI=1S/C19H30N4O3.HI/c1-23(2)18(24)13-22-19(20-10-11-25-3)21-12-16-6-4-5-7-17(16)26-14-15-8-9-15;/h4-7,15H,8-14H2,1-3H3,(H2,20,21,22);1H. The summed E-state index contributed by atoms with van der Waals surface area (Å²) in [6.07, 6.45) is 2.52. The van der Waals surface area contributed by atoms with E-state index < -0.39 is 0 Å². The van der Waals surface area contributed by atoms with Gasteiger partial charge in [0.05, 0.1) is 26.3 Å². The zero-order valence-corrected chi connectivity index (χ0v) is 18.7. The van der Waals surface area contributed by atoms with Crippen LogP contribution in [0.1, 0.15) is 18.4 Å². The molecule has 0 heterocycles. The number of rotatable bonds is 10. The Hall–Kier alpha value is -1.55. The second kappa shape index (κ2) is 12.8. The number of hydrogen-bond acceptors (Lipinski definition) is 4. The van der Waals surface area contributed by atoms with E-state index in [0.29, 0.717) is 31.6 Å². The number of nitrogens with one attached hydrogen (secondary N) is 2. The zero-order valence-electron chi connectivity index (χ0n) is 16.4. The van der Waals surface area contributed by atoms with Gasteiger partial charge in [-0.05, 0) is 24.8 Å². The lowest BCUT2D eigenvalue weighted by Crippen LogP contribution is -2.43. The number of nitrogens with zero attached hydrogens (tertiary/aromatic N) is 2. The molecular formula is C19H31IN4O3. The van der Waals surface area contributed by atoms with Crippen LogP contribution in [-0.2, 0) is 16.1 Å². The Balaban J connectivity index is 0.00000364. The van der Waals surface area contributed by atoms with Gasteiger partial charge < -0.3 is 25.0 Å². The van der Waals surface area contributed by atoms with E-state index in [-0.39, 0.29) is 36.4 Å². The molecule has 1 aliphatic carbocycles. The summed E-state index contributed by atoms with van der Waals surface area (Å²) in [4.78, 5) is 17.9. The van der Waals surface area contributed by atoms with E-state index in [1.807, 2.05) is 24.3 Å². The van der Waals surface area contributed by atoms with Crippen LogP contribution in [0.25, 0.3) is 0 Å². The fourth-order valence-corrected chi connectivity index (χ4v) is 2.19. The van der Waals surface area contributed by atoms with Gasteiger partial charge >= 0.3 is 0 Å². The lowest BCUT2D eigenvalue weighted by atomic mass is 10.2. The molecule has 0 atom stereocenters. The predicted molar refractivity (Wildman–Crippen MR) is 118 cm³/mol. The summed E-state index contributed by atoms with van der Waals surface area (Å²) in [5.74, 6) is 2.15. The Morgan fingerprint density at radius 1 is 1.26 bits per heavy atom. The number of halogens is 1. The summed E-state index contributed by atoms with van der Waals surface area (Å²) in [5.41, 5.74) is 1.03. The predicted octanol–water partition coefficient (Wildman–Crippen LogP) is 1.86. The van der Waals surface area contributed by atoms with Crippen LogP contribution < -0.4 is 15.4 Å². The summed E-state index contributed by atoms with van der Waals surface area (Å²) >= 11 is 0. The highest BCUT2D eigenvalue weighted by atomic mass is 127. The molecule has 1 aliphatic rings. The maximum absolute atomic E-state index is 11.8. The summed E-state index contributed by atoms with van der Waals surface area (Å²) in [7, 11) is 5.11. The minimum atomic E-state index is -0.0144. The molecule has 152 valence electrons. The third-order valence-electron chi connectivity index (χ3n) is 4.06. The lowest BCUT2D eigenvalue weighted by molar-refractivity contribution is -0.127. The van der Waals surface area contributed by atoms with Gasteiger partial charge in [-0.3, -0.25) is 4.79 Å². The van der Waals surface area contributed by atoms with Crippen LogP contribution >= 0.6 is 24.0 Å². The molecule has 7 nitrogen and oxygen atoms in total. The molecule has 0 bridgehead atoms. The molecular weight excluding hydrogens is 459 g/mol. The minimum Gasteiger partial charge on any atom is -0.493 e. The molecule has 0 aliphatic heterocycles. The minimum absolute atomic E-state index is 0. The van der Waals surface area contributed by atoms with Crippen LogP contribution in [0.4, 0.5) is 0 Å². The number of amides is 1. The lowest BCUT2D eigenvalue weighted by Gasteiger charge is -2.15. The number of ether oxygens (including phenoxy) is 2. The van der Waals surface area contributed by atoms with Crippen LogP contribution in [0.15, 0.2) is 29.3 Å². The molecule has 8 heteroatoms. The van der Waals surface area contributed by atoms with E-state index in [0.717, 1.165) is 17.9 Å². The van der Waals surface area contributed by atoms with Crippen LogP contribution in [-0.4, -0.2) is 64.3 Å². The molecule has 1 saturated carbocycles. The maximum atomic E-state index is 11.8. The average Bonchev–Trinajstić information content (AvgIpc) is 3.46. The van der Waals surface area contributed by atoms with E-state index in [1.54, 1.807) is 26.1 Å². The fraction of sp³-hybridized carbons (Fsp3) is 0.579. The van der Waals surface area contributed by atoms with Crippen LogP contribution in [0.5, 0.6) is 5.75 Å². The molecule has 27 heavy (non-hydrogen) atoms.